The number of methoxy groups -OCH3 is 1. The predicted molar refractivity (Wildman–Crippen MR) is 150 cm³/mol. The van der Waals surface area contributed by atoms with Crippen LogP contribution in [0.4, 0.5) is 13.2 Å². The van der Waals surface area contributed by atoms with Gasteiger partial charge >= 0.3 is 12.1 Å². The molecule has 40 heavy (non-hydrogen) atoms. The Hall–Kier alpha value is -3.41. The number of halogens is 3. The number of benzene rings is 2. The summed E-state index contributed by atoms with van der Waals surface area (Å²) in [6.45, 7) is 6.20. The monoisotopic (exact) mass is 591 g/mol. The Morgan fingerprint density at radius 2 is 1.77 bits per heavy atom. The van der Waals surface area contributed by atoms with Crippen molar-refractivity contribution in [1.82, 2.24) is 3.97 Å². The largest absolute Gasteiger partial charge is 0.465 e. The smallest absolute Gasteiger partial charge is 0.416 e. The molecule has 1 N–H and O–H groups in total. The van der Waals surface area contributed by atoms with E-state index in [0.717, 1.165) is 44.6 Å². The summed E-state index contributed by atoms with van der Waals surface area (Å²) in [6.07, 6.45) is -3.05. The standard InChI is InChI=1S/C29H28F3NO5S2/c1-28(2,3)20-9-5-7-18(15-20)8-6-14-40(36,37)33-22-11-10-21(29(30,31)32)16-19(22)17-23(33)26(34)24-12-13-25(39-24)27(35)38-4/h5-13,15-17,26,34H,14H2,1-4H3. The fraction of sp³-hybridized carbons (Fsp3) is 0.276. The highest BCUT2D eigenvalue weighted by Gasteiger charge is 2.32. The predicted octanol–water partition coefficient (Wildman–Crippen LogP) is 6.78. The van der Waals surface area contributed by atoms with Crippen LogP contribution in [-0.4, -0.2) is 36.3 Å². The summed E-state index contributed by atoms with van der Waals surface area (Å²) in [6, 6.07) is 14.5. The average molecular weight is 592 g/mol. The summed E-state index contributed by atoms with van der Waals surface area (Å²) in [7, 11) is -2.99. The molecular formula is C29H28F3NO5S2. The molecule has 212 valence electrons. The summed E-state index contributed by atoms with van der Waals surface area (Å²) in [5.41, 5.74) is 0.672. The Bertz CT molecular complexity index is 1690. The number of carbonyl (C=O) groups is 1. The van der Waals surface area contributed by atoms with Crippen molar-refractivity contribution in [3.63, 3.8) is 0 Å². The minimum Gasteiger partial charge on any atom is -0.465 e. The number of aliphatic hydroxyl groups excluding tert-OH is 1. The topological polar surface area (TPSA) is 85.6 Å². The molecule has 11 heteroatoms. The summed E-state index contributed by atoms with van der Waals surface area (Å²) in [4.78, 5) is 12.3. The summed E-state index contributed by atoms with van der Waals surface area (Å²) in [5.74, 6) is -1.11. The van der Waals surface area contributed by atoms with E-state index in [9.17, 15) is 31.5 Å². The molecule has 0 amide bonds. The zero-order chi connectivity index (χ0) is 29.5. The van der Waals surface area contributed by atoms with Crippen LogP contribution >= 0.6 is 11.3 Å². The van der Waals surface area contributed by atoms with Gasteiger partial charge in [-0.2, -0.15) is 13.2 Å². The maximum atomic E-state index is 13.6. The number of esters is 1. The lowest BCUT2D eigenvalue weighted by molar-refractivity contribution is -0.137. The van der Waals surface area contributed by atoms with Crippen LogP contribution in [0, 0.1) is 0 Å². The van der Waals surface area contributed by atoms with Crippen LogP contribution in [0.1, 0.15) is 63.8 Å². The Labute approximate surface area is 234 Å². The Morgan fingerprint density at radius 1 is 1.05 bits per heavy atom. The third kappa shape index (κ3) is 6.16. The van der Waals surface area contributed by atoms with Gasteiger partial charge in [-0.05, 0) is 52.9 Å². The summed E-state index contributed by atoms with van der Waals surface area (Å²) >= 11 is 0.897. The van der Waals surface area contributed by atoms with E-state index < -0.39 is 39.6 Å². The molecule has 2 aromatic heterocycles. The van der Waals surface area contributed by atoms with Crippen LogP contribution < -0.4 is 0 Å². The lowest BCUT2D eigenvalue weighted by Crippen LogP contribution is -2.19. The van der Waals surface area contributed by atoms with Crippen molar-refractivity contribution in [2.75, 3.05) is 12.9 Å². The number of alkyl halides is 3. The third-order valence-electron chi connectivity index (χ3n) is 6.32. The van der Waals surface area contributed by atoms with Gasteiger partial charge in [0, 0.05) is 10.3 Å². The van der Waals surface area contributed by atoms with Gasteiger partial charge in [-0.25, -0.2) is 17.2 Å². The van der Waals surface area contributed by atoms with E-state index in [2.05, 4.69) is 25.5 Å². The molecule has 2 heterocycles. The molecule has 1 unspecified atom stereocenters. The number of hydrogen-bond acceptors (Lipinski definition) is 6. The maximum absolute atomic E-state index is 13.6. The second kappa shape index (κ2) is 10.9. The maximum Gasteiger partial charge on any atom is 0.416 e. The molecule has 1 atom stereocenters. The first-order valence-corrected chi connectivity index (χ1v) is 14.6. The number of aromatic nitrogens is 1. The van der Waals surface area contributed by atoms with Gasteiger partial charge in [0.2, 0.25) is 10.0 Å². The van der Waals surface area contributed by atoms with Crippen molar-refractivity contribution >= 4 is 44.3 Å². The highest BCUT2D eigenvalue weighted by atomic mass is 32.2. The lowest BCUT2D eigenvalue weighted by atomic mass is 9.86. The van der Waals surface area contributed by atoms with Gasteiger partial charge in [-0.15, -0.1) is 11.3 Å². The van der Waals surface area contributed by atoms with Crippen molar-refractivity contribution < 1.29 is 36.2 Å². The van der Waals surface area contributed by atoms with Gasteiger partial charge in [0.15, 0.2) is 0 Å². The van der Waals surface area contributed by atoms with Gasteiger partial charge in [0.25, 0.3) is 0 Å². The van der Waals surface area contributed by atoms with E-state index >= 15 is 0 Å². The van der Waals surface area contributed by atoms with E-state index in [0.29, 0.717) is 0 Å². The molecule has 0 saturated carbocycles. The number of thiophene rings is 1. The van der Waals surface area contributed by atoms with Gasteiger partial charge in [-0.1, -0.05) is 57.2 Å². The number of rotatable bonds is 7. The molecule has 0 aliphatic heterocycles. The van der Waals surface area contributed by atoms with Crippen LogP contribution in [-0.2, 0) is 26.4 Å². The Kier molecular flexibility index (Phi) is 8.04. The number of nitrogens with zero attached hydrogens (tertiary/aromatic N) is 1. The van der Waals surface area contributed by atoms with Crippen LogP contribution in [0.15, 0.2) is 66.7 Å². The zero-order valence-corrected chi connectivity index (χ0v) is 23.8. The molecule has 0 radical (unpaired) electrons. The van der Waals surface area contributed by atoms with E-state index in [4.69, 9.17) is 0 Å². The van der Waals surface area contributed by atoms with Gasteiger partial charge in [0.1, 0.15) is 11.0 Å². The molecule has 4 rings (SSSR count). The van der Waals surface area contributed by atoms with Crippen LogP contribution in [0.3, 0.4) is 0 Å². The van der Waals surface area contributed by atoms with Crippen molar-refractivity contribution in [2.45, 2.75) is 38.5 Å². The fourth-order valence-electron chi connectivity index (χ4n) is 4.23. The van der Waals surface area contributed by atoms with Gasteiger partial charge < -0.3 is 9.84 Å². The highest BCUT2D eigenvalue weighted by Crippen LogP contribution is 2.37. The molecule has 0 aliphatic rings. The molecule has 0 aliphatic carbocycles. The summed E-state index contributed by atoms with van der Waals surface area (Å²) < 4.78 is 73.0. The summed E-state index contributed by atoms with van der Waals surface area (Å²) in [5, 5.41) is 11.2. The first kappa shape index (κ1) is 29.6. The number of ether oxygens (including phenoxy) is 1. The Balaban J connectivity index is 1.77. The average Bonchev–Trinajstić information content (AvgIpc) is 3.52. The minimum atomic E-state index is -4.64. The second-order valence-corrected chi connectivity index (χ2v) is 13.2. The SMILES string of the molecule is COC(=O)c1ccc(C(O)c2cc3cc(C(F)(F)F)ccc3n2S(=O)(=O)CC=Cc2cccc(C(C)(C)C)c2)s1. The highest BCUT2D eigenvalue weighted by molar-refractivity contribution is 7.90. The molecule has 0 spiro atoms. The van der Waals surface area contributed by atoms with Gasteiger partial charge in [-0.3, -0.25) is 0 Å². The number of hydrogen-bond donors (Lipinski definition) is 1. The molecule has 2 aromatic carbocycles. The van der Waals surface area contributed by atoms with E-state index in [1.807, 2.05) is 24.3 Å². The molecule has 6 nitrogen and oxygen atoms in total. The third-order valence-corrected chi connectivity index (χ3v) is 9.02. The van der Waals surface area contributed by atoms with Crippen molar-refractivity contribution in [3.05, 3.63) is 98.9 Å². The quantitative estimate of drug-likeness (QED) is 0.240. The van der Waals surface area contributed by atoms with Gasteiger partial charge in [0.05, 0.1) is 29.6 Å². The first-order chi connectivity index (χ1) is 18.6. The van der Waals surface area contributed by atoms with E-state index in [1.54, 1.807) is 6.08 Å². The molecule has 0 bridgehead atoms. The minimum absolute atomic E-state index is 0.000875. The molecule has 0 fully saturated rings. The molecular weight excluding hydrogens is 563 g/mol. The van der Waals surface area contributed by atoms with Crippen LogP contribution in [0.2, 0.25) is 0 Å². The van der Waals surface area contributed by atoms with Crippen molar-refractivity contribution in [2.24, 2.45) is 0 Å². The second-order valence-electron chi connectivity index (χ2n) is 10.3. The Morgan fingerprint density at radius 3 is 2.42 bits per heavy atom. The molecule has 4 aromatic rings. The number of fused-ring (bicyclic) bond motifs is 1. The van der Waals surface area contributed by atoms with Crippen LogP contribution in [0.5, 0.6) is 0 Å². The fourth-order valence-corrected chi connectivity index (χ4v) is 6.59. The number of carbonyl (C=O) groups excluding carboxylic acids is 1. The first-order valence-electron chi connectivity index (χ1n) is 12.2. The normalized spacial score (nSPS) is 13.7. The number of aliphatic hydroxyl groups is 1. The van der Waals surface area contributed by atoms with Crippen LogP contribution in [0.25, 0.3) is 17.0 Å². The van der Waals surface area contributed by atoms with E-state index in [-0.39, 0.29) is 31.8 Å². The molecule has 0 saturated heterocycles. The zero-order valence-electron chi connectivity index (χ0n) is 22.2. The van der Waals surface area contributed by atoms with Crippen molar-refractivity contribution in [1.29, 1.82) is 0 Å². The van der Waals surface area contributed by atoms with Crippen molar-refractivity contribution in [3.8, 4) is 0 Å². The van der Waals surface area contributed by atoms with E-state index in [1.165, 1.54) is 31.4 Å². The lowest BCUT2D eigenvalue weighted by Gasteiger charge is -2.19.